The highest BCUT2D eigenvalue weighted by molar-refractivity contribution is 5.27. The number of aliphatic hydroxyl groups excluding tert-OH is 1. The Balaban J connectivity index is 1.59. The molecule has 4 heteroatoms. The van der Waals surface area contributed by atoms with E-state index >= 15 is 0 Å². The van der Waals surface area contributed by atoms with Gasteiger partial charge in [0.1, 0.15) is 5.75 Å². The Bertz CT molecular complexity index is 394. The molecule has 118 valence electrons. The maximum atomic E-state index is 9.67. The lowest BCUT2D eigenvalue weighted by atomic mass is 10.1. The number of rotatable bonds is 7. The van der Waals surface area contributed by atoms with Gasteiger partial charge in [-0.05, 0) is 50.3 Å². The van der Waals surface area contributed by atoms with Crippen molar-refractivity contribution >= 4 is 0 Å². The highest BCUT2D eigenvalue weighted by Crippen LogP contribution is 2.20. The van der Waals surface area contributed by atoms with E-state index in [9.17, 15) is 5.11 Å². The summed E-state index contributed by atoms with van der Waals surface area (Å²) in [7, 11) is 1.68. The normalized spacial score (nSPS) is 25.8. The molecule has 2 rings (SSSR count). The van der Waals surface area contributed by atoms with Gasteiger partial charge in [0.25, 0.3) is 0 Å². The van der Waals surface area contributed by atoms with Crippen molar-refractivity contribution < 1.29 is 19.3 Å². The maximum absolute atomic E-state index is 9.67. The molecule has 4 nitrogen and oxygen atoms in total. The van der Waals surface area contributed by atoms with Gasteiger partial charge in [0.05, 0.1) is 19.3 Å². The summed E-state index contributed by atoms with van der Waals surface area (Å²) in [6.07, 6.45) is 3.95. The first-order valence-corrected chi connectivity index (χ1v) is 7.75. The summed E-state index contributed by atoms with van der Waals surface area (Å²) in [6.45, 7) is 2.66. The van der Waals surface area contributed by atoms with Gasteiger partial charge in [0.2, 0.25) is 0 Å². The number of aryl methyl sites for hydroxylation is 1. The van der Waals surface area contributed by atoms with E-state index in [1.807, 2.05) is 19.1 Å². The number of hydrogen-bond donors (Lipinski definition) is 1. The summed E-state index contributed by atoms with van der Waals surface area (Å²) >= 11 is 0. The highest BCUT2D eigenvalue weighted by atomic mass is 16.7. The molecule has 0 bridgehead atoms. The van der Waals surface area contributed by atoms with Crippen LogP contribution in [0, 0.1) is 0 Å². The molecular weight excluding hydrogens is 268 g/mol. The van der Waals surface area contributed by atoms with Crippen molar-refractivity contribution in [2.45, 2.75) is 57.5 Å². The average molecular weight is 294 g/mol. The molecule has 1 aliphatic rings. The molecule has 0 aromatic heterocycles. The van der Waals surface area contributed by atoms with Crippen LogP contribution in [0.5, 0.6) is 5.75 Å². The van der Waals surface area contributed by atoms with Gasteiger partial charge >= 0.3 is 0 Å². The second kappa shape index (κ2) is 8.37. The first kappa shape index (κ1) is 16.3. The number of aliphatic hydroxyl groups is 1. The number of hydrogen-bond acceptors (Lipinski definition) is 4. The molecular formula is C17H26O4. The minimum absolute atomic E-state index is 0.0815. The lowest BCUT2D eigenvalue weighted by Crippen LogP contribution is -2.35. The SMILES string of the molecule is COc1ccc(CCCCOC2CC(O)CC(C)O2)cc1. The summed E-state index contributed by atoms with van der Waals surface area (Å²) in [5.41, 5.74) is 1.31. The third kappa shape index (κ3) is 5.65. The monoisotopic (exact) mass is 294 g/mol. The van der Waals surface area contributed by atoms with Gasteiger partial charge in [-0.1, -0.05) is 12.1 Å². The van der Waals surface area contributed by atoms with E-state index in [1.54, 1.807) is 7.11 Å². The summed E-state index contributed by atoms with van der Waals surface area (Å²) in [5.74, 6) is 0.893. The van der Waals surface area contributed by atoms with E-state index in [0.29, 0.717) is 19.4 Å². The van der Waals surface area contributed by atoms with E-state index < -0.39 is 0 Å². The van der Waals surface area contributed by atoms with Crippen molar-refractivity contribution in [3.8, 4) is 5.75 Å². The predicted molar refractivity (Wildman–Crippen MR) is 81.5 cm³/mol. The van der Waals surface area contributed by atoms with Crippen molar-refractivity contribution in [2.75, 3.05) is 13.7 Å². The topological polar surface area (TPSA) is 47.9 Å². The van der Waals surface area contributed by atoms with Gasteiger partial charge in [-0.25, -0.2) is 0 Å². The molecule has 1 N–H and O–H groups in total. The van der Waals surface area contributed by atoms with Crippen LogP contribution in [0.25, 0.3) is 0 Å². The van der Waals surface area contributed by atoms with E-state index in [2.05, 4.69) is 12.1 Å². The highest BCUT2D eigenvalue weighted by Gasteiger charge is 2.25. The summed E-state index contributed by atoms with van der Waals surface area (Å²) in [5, 5.41) is 9.67. The molecule has 1 fully saturated rings. The molecule has 0 amide bonds. The van der Waals surface area contributed by atoms with Crippen LogP contribution in [-0.4, -0.2) is 37.3 Å². The summed E-state index contributed by atoms with van der Waals surface area (Å²) in [4.78, 5) is 0. The largest absolute Gasteiger partial charge is 0.497 e. The first-order chi connectivity index (χ1) is 10.2. The second-order valence-corrected chi connectivity index (χ2v) is 5.68. The van der Waals surface area contributed by atoms with Crippen molar-refractivity contribution in [3.63, 3.8) is 0 Å². The van der Waals surface area contributed by atoms with Crippen LogP contribution in [0.4, 0.5) is 0 Å². The van der Waals surface area contributed by atoms with Gasteiger partial charge in [-0.3, -0.25) is 0 Å². The molecule has 0 saturated carbocycles. The zero-order valence-electron chi connectivity index (χ0n) is 13.0. The number of unbranched alkanes of at least 4 members (excludes halogenated alkanes) is 1. The Kier molecular flexibility index (Phi) is 6.49. The Morgan fingerprint density at radius 2 is 1.95 bits per heavy atom. The fraction of sp³-hybridized carbons (Fsp3) is 0.647. The molecule has 3 atom stereocenters. The molecule has 1 aliphatic heterocycles. The van der Waals surface area contributed by atoms with E-state index in [0.717, 1.165) is 25.0 Å². The minimum atomic E-state index is -0.293. The quantitative estimate of drug-likeness (QED) is 0.786. The van der Waals surface area contributed by atoms with Crippen molar-refractivity contribution in [1.29, 1.82) is 0 Å². The van der Waals surface area contributed by atoms with Crippen LogP contribution in [0.2, 0.25) is 0 Å². The summed E-state index contributed by atoms with van der Waals surface area (Å²) in [6, 6.07) is 8.18. The van der Waals surface area contributed by atoms with Gasteiger partial charge < -0.3 is 19.3 Å². The average Bonchev–Trinajstić information content (AvgIpc) is 2.46. The van der Waals surface area contributed by atoms with E-state index in [-0.39, 0.29) is 18.5 Å². The molecule has 1 saturated heterocycles. The van der Waals surface area contributed by atoms with Gasteiger partial charge in [-0.2, -0.15) is 0 Å². The van der Waals surface area contributed by atoms with E-state index in [1.165, 1.54) is 5.56 Å². The van der Waals surface area contributed by atoms with Crippen molar-refractivity contribution in [2.24, 2.45) is 0 Å². The zero-order chi connectivity index (χ0) is 15.1. The molecule has 1 aromatic rings. The Morgan fingerprint density at radius 3 is 2.62 bits per heavy atom. The van der Waals surface area contributed by atoms with Crippen LogP contribution in [0.15, 0.2) is 24.3 Å². The Hall–Kier alpha value is -1.10. The maximum Gasteiger partial charge on any atom is 0.160 e. The molecule has 21 heavy (non-hydrogen) atoms. The number of ether oxygens (including phenoxy) is 3. The van der Waals surface area contributed by atoms with Crippen molar-refractivity contribution in [1.82, 2.24) is 0 Å². The zero-order valence-corrected chi connectivity index (χ0v) is 13.0. The fourth-order valence-corrected chi connectivity index (χ4v) is 2.62. The summed E-state index contributed by atoms with van der Waals surface area (Å²) < 4.78 is 16.5. The van der Waals surface area contributed by atoms with Gasteiger partial charge in [0.15, 0.2) is 6.29 Å². The smallest absolute Gasteiger partial charge is 0.160 e. The molecule has 1 aromatic carbocycles. The lowest BCUT2D eigenvalue weighted by Gasteiger charge is -2.31. The van der Waals surface area contributed by atoms with Gasteiger partial charge in [0, 0.05) is 13.0 Å². The third-order valence-corrected chi connectivity index (χ3v) is 3.78. The standard InChI is InChI=1S/C17H26O4/c1-13-11-15(18)12-17(21-13)20-10-4-3-5-14-6-8-16(19-2)9-7-14/h6-9,13,15,17-18H,3-5,10-12H2,1-2H3. The molecule has 3 unspecified atom stereocenters. The number of benzene rings is 1. The van der Waals surface area contributed by atoms with Crippen LogP contribution >= 0.6 is 0 Å². The van der Waals surface area contributed by atoms with Crippen LogP contribution in [-0.2, 0) is 15.9 Å². The van der Waals surface area contributed by atoms with E-state index in [4.69, 9.17) is 14.2 Å². The van der Waals surface area contributed by atoms with Crippen molar-refractivity contribution in [3.05, 3.63) is 29.8 Å². The molecule has 0 radical (unpaired) electrons. The van der Waals surface area contributed by atoms with Crippen LogP contribution < -0.4 is 4.74 Å². The van der Waals surface area contributed by atoms with Gasteiger partial charge in [-0.15, -0.1) is 0 Å². The Labute approximate surface area is 127 Å². The fourth-order valence-electron chi connectivity index (χ4n) is 2.62. The van der Waals surface area contributed by atoms with Crippen LogP contribution in [0.3, 0.4) is 0 Å². The Morgan fingerprint density at radius 1 is 1.19 bits per heavy atom. The second-order valence-electron chi connectivity index (χ2n) is 5.68. The first-order valence-electron chi connectivity index (χ1n) is 7.75. The molecule has 0 aliphatic carbocycles. The van der Waals surface area contributed by atoms with Crippen LogP contribution in [0.1, 0.15) is 38.2 Å². The number of methoxy groups -OCH3 is 1. The predicted octanol–water partition coefficient (Wildman–Crippen LogP) is 2.92. The third-order valence-electron chi connectivity index (χ3n) is 3.78. The molecule has 0 spiro atoms. The minimum Gasteiger partial charge on any atom is -0.497 e. The molecule has 1 heterocycles. The lowest BCUT2D eigenvalue weighted by molar-refractivity contribution is -0.210.